The molecular weight excluding hydrogens is 522 g/mol. The Bertz CT molecular complexity index is 1150. The van der Waals surface area contributed by atoms with Crippen LogP contribution < -0.4 is 10.1 Å². The van der Waals surface area contributed by atoms with Gasteiger partial charge in [0.2, 0.25) is 15.9 Å². The van der Waals surface area contributed by atoms with E-state index < -0.39 is 16.1 Å². The molecule has 1 saturated heterocycles. The van der Waals surface area contributed by atoms with Crippen molar-refractivity contribution in [3.05, 3.63) is 60.2 Å². The Labute approximate surface area is 231 Å². The highest BCUT2D eigenvalue weighted by Gasteiger charge is 2.28. The lowest BCUT2D eigenvalue weighted by Gasteiger charge is -2.29. The summed E-state index contributed by atoms with van der Waals surface area (Å²) in [5, 5.41) is 2.88. The van der Waals surface area contributed by atoms with E-state index in [1.807, 2.05) is 44.2 Å². The third-order valence-corrected chi connectivity index (χ3v) is 8.14. The second-order valence-electron chi connectivity index (χ2n) is 9.52. The van der Waals surface area contributed by atoms with Crippen molar-refractivity contribution in [2.45, 2.75) is 50.8 Å². The molecule has 1 fully saturated rings. The number of carbonyl (C=O) groups excluding carboxylic acids is 2. The predicted octanol–water partition coefficient (Wildman–Crippen LogP) is 2.43. The standard InChI is InChI=1S/C28H39N3O7S/c1-22(2)37-17-7-14-29-28(33)23(3)31(20-24-8-5-4-6-9-24)27(32)21-38-25-10-12-26(13-11-25)39(34,35)30-15-18-36-19-16-30/h4-6,8-13,22-23H,7,14-21H2,1-3H3,(H,29,33). The van der Waals surface area contributed by atoms with E-state index >= 15 is 0 Å². The quantitative estimate of drug-likeness (QED) is 0.353. The van der Waals surface area contributed by atoms with Crippen molar-refractivity contribution < 1.29 is 32.2 Å². The Hall–Kier alpha value is -2.99. The van der Waals surface area contributed by atoms with Gasteiger partial charge in [-0.2, -0.15) is 4.31 Å². The number of nitrogens with zero attached hydrogens (tertiary/aromatic N) is 2. The number of amides is 2. The van der Waals surface area contributed by atoms with Crippen LogP contribution in [0.3, 0.4) is 0 Å². The van der Waals surface area contributed by atoms with Gasteiger partial charge in [0.15, 0.2) is 6.61 Å². The summed E-state index contributed by atoms with van der Waals surface area (Å²) in [6, 6.07) is 14.7. The number of hydrogen-bond donors (Lipinski definition) is 1. The van der Waals surface area contributed by atoms with Crippen molar-refractivity contribution in [1.29, 1.82) is 0 Å². The molecule has 2 amide bonds. The van der Waals surface area contributed by atoms with Crippen molar-refractivity contribution in [3.8, 4) is 5.75 Å². The van der Waals surface area contributed by atoms with Crippen LogP contribution in [0, 0.1) is 0 Å². The fourth-order valence-corrected chi connectivity index (χ4v) is 5.39. The molecule has 1 unspecified atom stereocenters. The van der Waals surface area contributed by atoms with E-state index in [0.717, 1.165) is 5.56 Å². The first kappa shape index (κ1) is 30.6. The molecule has 39 heavy (non-hydrogen) atoms. The zero-order chi connectivity index (χ0) is 28.3. The Morgan fingerprint density at radius 2 is 1.69 bits per heavy atom. The first-order chi connectivity index (χ1) is 18.7. The number of morpholine rings is 1. The second kappa shape index (κ2) is 15.0. The SMILES string of the molecule is CC(C)OCCCNC(=O)C(C)N(Cc1ccccc1)C(=O)COc1ccc(S(=O)(=O)N2CCOCC2)cc1. The Morgan fingerprint density at radius 3 is 2.33 bits per heavy atom. The van der Waals surface area contributed by atoms with Crippen LogP contribution in [-0.4, -0.2) is 87.6 Å². The minimum atomic E-state index is -3.62. The second-order valence-corrected chi connectivity index (χ2v) is 11.5. The summed E-state index contributed by atoms with van der Waals surface area (Å²) in [6.07, 6.45) is 0.799. The van der Waals surface area contributed by atoms with Crippen molar-refractivity contribution in [3.63, 3.8) is 0 Å². The largest absolute Gasteiger partial charge is 0.484 e. The third-order valence-electron chi connectivity index (χ3n) is 6.23. The van der Waals surface area contributed by atoms with E-state index in [0.29, 0.717) is 51.6 Å². The lowest BCUT2D eigenvalue weighted by atomic mass is 10.1. The van der Waals surface area contributed by atoms with Gasteiger partial charge in [0.1, 0.15) is 11.8 Å². The van der Waals surface area contributed by atoms with Crippen LogP contribution in [0.4, 0.5) is 0 Å². The summed E-state index contributed by atoms with van der Waals surface area (Å²) < 4.78 is 43.5. The summed E-state index contributed by atoms with van der Waals surface area (Å²) in [4.78, 5) is 27.7. The van der Waals surface area contributed by atoms with E-state index in [4.69, 9.17) is 14.2 Å². The van der Waals surface area contributed by atoms with Crippen LogP contribution in [0.2, 0.25) is 0 Å². The van der Waals surface area contributed by atoms with E-state index in [9.17, 15) is 18.0 Å². The number of hydrogen-bond acceptors (Lipinski definition) is 7. The van der Waals surface area contributed by atoms with E-state index in [2.05, 4.69) is 5.32 Å². The molecule has 1 atom stereocenters. The monoisotopic (exact) mass is 561 g/mol. The van der Waals surface area contributed by atoms with Crippen molar-refractivity contribution in [2.75, 3.05) is 46.1 Å². The maximum Gasteiger partial charge on any atom is 0.261 e. The molecule has 3 rings (SSSR count). The fraction of sp³-hybridized carbons (Fsp3) is 0.500. The molecule has 0 aliphatic carbocycles. The van der Waals surface area contributed by atoms with Crippen molar-refractivity contribution in [2.24, 2.45) is 0 Å². The highest BCUT2D eigenvalue weighted by Crippen LogP contribution is 2.21. The first-order valence-electron chi connectivity index (χ1n) is 13.2. The van der Waals surface area contributed by atoms with Gasteiger partial charge in [-0.25, -0.2) is 8.42 Å². The highest BCUT2D eigenvalue weighted by atomic mass is 32.2. The van der Waals surface area contributed by atoms with Gasteiger partial charge < -0.3 is 24.4 Å². The Kier molecular flexibility index (Phi) is 11.7. The number of benzene rings is 2. The maximum atomic E-state index is 13.2. The minimum Gasteiger partial charge on any atom is -0.484 e. The zero-order valence-corrected chi connectivity index (χ0v) is 23.7. The molecule has 0 spiro atoms. The molecule has 214 valence electrons. The molecule has 1 aliphatic rings. The molecule has 0 radical (unpaired) electrons. The number of nitrogens with one attached hydrogen (secondary N) is 1. The molecule has 0 bridgehead atoms. The smallest absolute Gasteiger partial charge is 0.261 e. The average molecular weight is 562 g/mol. The van der Waals surface area contributed by atoms with Gasteiger partial charge in [-0.1, -0.05) is 30.3 Å². The lowest BCUT2D eigenvalue weighted by molar-refractivity contribution is -0.142. The third kappa shape index (κ3) is 9.31. The zero-order valence-electron chi connectivity index (χ0n) is 22.9. The molecule has 1 heterocycles. The summed E-state index contributed by atoms with van der Waals surface area (Å²) in [6.45, 7) is 7.87. The topological polar surface area (TPSA) is 114 Å². The summed E-state index contributed by atoms with van der Waals surface area (Å²) >= 11 is 0. The van der Waals surface area contributed by atoms with E-state index in [1.165, 1.54) is 33.5 Å². The molecule has 0 saturated carbocycles. The van der Waals surface area contributed by atoms with Crippen LogP contribution in [0.1, 0.15) is 32.8 Å². The van der Waals surface area contributed by atoms with Crippen LogP contribution in [-0.2, 0) is 35.6 Å². The molecule has 0 aromatic heterocycles. The number of rotatable bonds is 14. The molecule has 10 nitrogen and oxygen atoms in total. The van der Waals surface area contributed by atoms with Gasteiger partial charge in [0.25, 0.3) is 5.91 Å². The summed E-state index contributed by atoms with van der Waals surface area (Å²) in [5.41, 5.74) is 0.883. The van der Waals surface area contributed by atoms with Crippen LogP contribution >= 0.6 is 0 Å². The van der Waals surface area contributed by atoms with Crippen LogP contribution in [0.15, 0.2) is 59.5 Å². The molecule has 1 N–H and O–H groups in total. The number of ether oxygens (including phenoxy) is 3. The molecule has 2 aromatic rings. The Morgan fingerprint density at radius 1 is 1.03 bits per heavy atom. The van der Waals surface area contributed by atoms with Crippen molar-refractivity contribution in [1.82, 2.24) is 14.5 Å². The molecule has 1 aliphatic heterocycles. The van der Waals surface area contributed by atoms with E-state index in [-0.39, 0.29) is 36.0 Å². The minimum absolute atomic E-state index is 0.129. The molecular formula is C28H39N3O7S. The highest BCUT2D eigenvalue weighted by molar-refractivity contribution is 7.89. The first-order valence-corrected chi connectivity index (χ1v) is 14.7. The molecule has 2 aromatic carbocycles. The maximum absolute atomic E-state index is 13.2. The number of sulfonamides is 1. The Balaban J connectivity index is 1.61. The van der Waals surface area contributed by atoms with Crippen LogP contribution in [0.25, 0.3) is 0 Å². The average Bonchev–Trinajstić information content (AvgIpc) is 2.95. The van der Waals surface area contributed by atoms with E-state index in [1.54, 1.807) is 6.92 Å². The van der Waals surface area contributed by atoms with Gasteiger partial charge >= 0.3 is 0 Å². The van der Waals surface area contributed by atoms with Crippen LogP contribution in [0.5, 0.6) is 5.75 Å². The normalized spacial score (nSPS) is 15.1. The summed E-state index contributed by atoms with van der Waals surface area (Å²) in [7, 11) is -3.62. The van der Waals surface area contributed by atoms with Crippen molar-refractivity contribution >= 4 is 21.8 Å². The molecule has 11 heteroatoms. The van der Waals surface area contributed by atoms with Gasteiger partial charge in [-0.3, -0.25) is 9.59 Å². The van der Waals surface area contributed by atoms with Gasteiger partial charge in [0.05, 0.1) is 24.2 Å². The fourth-order valence-electron chi connectivity index (χ4n) is 3.99. The van der Waals surface area contributed by atoms with Gasteiger partial charge in [-0.05, 0) is 57.0 Å². The van der Waals surface area contributed by atoms with Gasteiger partial charge in [-0.15, -0.1) is 0 Å². The predicted molar refractivity (Wildman–Crippen MR) is 147 cm³/mol. The number of carbonyl (C=O) groups is 2. The lowest BCUT2D eigenvalue weighted by Crippen LogP contribution is -2.49. The summed E-state index contributed by atoms with van der Waals surface area (Å²) in [5.74, 6) is -0.276. The van der Waals surface area contributed by atoms with Gasteiger partial charge in [0, 0.05) is 32.8 Å².